The number of carbonyl (C=O) groups excluding carboxylic acids is 1. The Kier molecular flexibility index (Phi) is 5.18. The molecule has 6 rings (SSSR count). The third-order valence-electron chi connectivity index (χ3n) is 7.76. The summed E-state index contributed by atoms with van der Waals surface area (Å²) in [6, 6.07) is 17.0. The van der Waals surface area contributed by atoms with Crippen LogP contribution in [0.5, 0.6) is 11.5 Å². The van der Waals surface area contributed by atoms with Gasteiger partial charge >= 0.3 is 0 Å². The van der Waals surface area contributed by atoms with E-state index in [0.717, 1.165) is 16.5 Å². The number of ether oxygens (including phenoxy) is 2. The van der Waals surface area contributed by atoms with Gasteiger partial charge in [-0.25, -0.2) is 0 Å². The van der Waals surface area contributed by atoms with Crippen LogP contribution in [0.1, 0.15) is 29.0 Å². The molecule has 5 atom stereocenters. The number of nitrogens with zero attached hydrogens (tertiary/aromatic N) is 2. The molecule has 2 unspecified atom stereocenters. The van der Waals surface area contributed by atoms with Gasteiger partial charge in [0.25, 0.3) is 0 Å². The van der Waals surface area contributed by atoms with Crippen LogP contribution in [-0.2, 0) is 16.0 Å². The van der Waals surface area contributed by atoms with E-state index in [1.165, 1.54) is 19.5 Å². The van der Waals surface area contributed by atoms with Crippen LogP contribution in [-0.4, -0.2) is 52.3 Å². The van der Waals surface area contributed by atoms with Crippen molar-refractivity contribution in [3.05, 3.63) is 88.2 Å². The van der Waals surface area contributed by atoms with Gasteiger partial charge in [0.2, 0.25) is 5.91 Å². The van der Waals surface area contributed by atoms with Crippen LogP contribution in [0, 0.1) is 5.92 Å². The summed E-state index contributed by atoms with van der Waals surface area (Å²) in [6.07, 6.45) is 2.48. The summed E-state index contributed by atoms with van der Waals surface area (Å²) < 4.78 is 13.1. The second kappa shape index (κ2) is 8.05. The largest absolute Gasteiger partial charge is 0.495 e. The predicted molar refractivity (Wildman–Crippen MR) is 131 cm³/mol. The monoisotopic (exact) mass is 536 g/mol. The van der Waals surface area contributed by atoms with Gasteiger partial charge in [0.1, 0.15) is 17.6 Å². The van der Waals surface area contributed by atoms with E-state index in [-0.39, 0.29) is 5.91 Å². The van der Waals surface area contributed by atoms with Crippen LogP contribution in [0.15, 0.2) is 71.5 Å². The zero-order valence-electron chi connectivity index (χ0n) is 19.1. The van der Waals surface area contributed by atoms with Crippen molar-refractivity contribution in [2.24, 2.45) is 5.92 Å². The Balaban J connectivity index is 1.68. The molecule has 0 radical (unpaired) electrons. The molecule has 1 saturated carbocycles. The van der Waals surface area contributed by atoms with Gasteiger partial charge in [-0.05, 0) is 29.7 Å². The molecule has 2 N–H and O–H groups in total. The molecular weight excluding hydrogens is 512 g/mol. The van der Waals surface area contributed by atoms with Gasteiger partial charge in [-0.3, -0.25) is 9.78 Å². The third-order valence-corrected chi connectivity index (χ3v) is 8.29. The lowest BCUT2D eigenvalue weighted by molar-refractivity contribution is -0.158. The van der Waals surface area contributed by atoms with E-state index < -0.39 is 29.1 Å². The first-order chi connectivity index (χ1) is 16.9. The molecule has 3 aliphatic rings. The Morgan fingerprint density at radius 2 is 1.86 bits per heavy atom. The maximum Gasteiger partial charge on any atom is 0.229 e. The highest BCUT2D eigenvalue weighted by Gasteiger charge is 2.78. The number of halogens is 1. The van der Waals surface area contributed by atoms with Gasteiger partial charge < -0.3 is 24.6 Å². The molecule has 0 bridgehead atoms. The van der Waals surface area contributed by atoms with E-state index in [0.29, 0.717) is 35.7 Å². The van der Waals surface area contributed by atoms with Gasteiger partial charge in [-0.15, -0.1) is 0 Å². The number of likely N-dealkylation sites (tertiary alicyclic amines) is 1. The lowest BCUT2D eigenvalue weighted by atomic mass is 9.70. The quantitative estimate of drug-likeness (QED) is 0.531. The standard InChI is InChI=1S/C27H25BrN2O5/c1-34-19-14-29-15-20-23(19)26(33)24(31)21(25(32)30-12-5-13-30)22(16-6-3-2-4-7-16)27(26,35-20)17-8-10-18(28)11-9-17/h2-4,6-11,14-15,21-22,24,31,33H,5,12-13H2,1H3/t21-,22?,24-,26+,27?/m1/s1. The Morgan fingerprint density at radius 1 is 1.14 bits per heavy atom. The summed E-state index contributed by atoms with van der Waals surface area (Å²) in [4.78, 5) is 19.8. The molecule has 1 amide bonds. The molecule has 7 nitrogen and oxygen atoms in total. The Hall–Kier alpha value is -2.94. The average Bonchev–Trinajstić information content (AvgIpc) is 3.22. The van der Waals surface area contributed by atoms with Crippen molar-refractivity contribution >= 4 is 21.8 Å². The first-order valence-electron chi connectivity index (χ1n) is 11.6. The first kappa shape index (κ1) is 22.5. The van der Waals surface area contributed by atoms with Crippen molar-refractivity contribution < 1.29 is 24.5 Å². The van der Waals surface area contributed by atoms with Crippen molar-refractivity contribution in [2.45, 2.75) is 29.6 Å². The highest BCUT2D eigenvalue weighted by molar-refractivity contribution is 9.10. The minimum atomic E-state index is -1.98. The number of fused-ring (bicyclic) bond motifs is 3. The molecular formula is C27H25BrN2O5. The van der Waals surface area contributed by atoms with Gasteiger partial charge in [-0.2, -0.15) is 0 Å². The number of pyridine rings is 1. The summed E-state index contributed by atoms with van der Waals surface area (Å²) in [5.41, 5.74) is -1.73. The van der Waals surface area contributed by atoms with Crippen LogP contribution in [0.25, 0.3) is 0 Å². The van der Waals surface area contributed by atoms with Crippen molar-refractivity contribution in [1.82, 2.24) is 9.88 Å². The maximum atomic E-state index is 13.8. The Labute approximate surface area is 211 Å². The van der Waals surface area contributed by atoms with E-state index in [1.807, 2.05) is 54.6 Å². The van der Waals surface area contributed by atoms with Crippen LogP contribution >= 0.6 is 15.9 Å². The highest BCUT2D eigenvalue weighted by Crippen LogP contribution is 2.69. The van der Waals surface area contributed by atoms with Gasteiger partial charge in [0, 0.05) is 23.5 Å². The summed E-state index contributed by atoms with van der Waals surface area (Å²) in [5.74, 6) is -1.18. The number of benzene rings is 2. The van der Waals surface area contributed by atoms with E-state index in [4.69, 9.17) is 9.47 Å². The van der Waals surface area contributed by atoms with Gasteiger partial charge in [0.05, 0.1) is 31.0 Å². The van der Waals surface area contributed by atoms with E-state index >= 15 is 0 Å². The zero-order valence-corrected chi connectivity index (χ0v) is 20.7. The summed E-state index contributed by atoms with van der Waals surface area (Å²) in [6.45, 7) is 1.27. The number of aliphatic hydroxyl groups excluding tert-OH is 1. The molecule has 1 aliphatic carbocycles. The zero-order chi connectivity index (χ0) is 24.4. The topological polar surface area (TPSA) is 92.1 Å². The van der Waals surface area contributed by atoms with Crippen molar-refractivity contribution in [2.75, 3.05) is 20.2 Å². The number of carbonyl (C=O) groups is 1. The fourth-order valence-electron chi connectivity index (χ4n) is 6.11. The lowest BCUT2D eigenvalue weighted by Gasteiger charge is -2.41. The first-order valence-corrected chi connectivity index (χ1v) is 12.4. The van der Waals surface area contributed by atoms with E-state index in [9.17, 15) is 15.0 Å². The van der Waals surface area contributed by atoms with E-state index in [2.05, 4.69) is 20.9 Å². The average molecular weight is 537 g/mol. The van der Waals surface area contributed by atoms with Crippen molar-refractivity contribution in [3.63, 3.8) is 0 Å². The fraction of sp³-hybridized carbons (Fsp3) is 0.333. The molecule has 8 heteroatoms. The normalized spacial score (nSPS) is 30.7. The lowest BCUT2D eigenvalue weighted by Crippen LogP contribution is -2.52. The number of amides is 1. The molecule has 2 aromatic carbocycles. The number of hydrogen-bond acceptors (Lipinski definition) is 6. The van der Waals surface area contributed by atoms with Crippen LogP contribution in [0.3, 0.4) is 0 Å². The highest BCUT2D eigenvalue weighted by atomic mass is 79.9. The van der Waals surface area contributed by atoms with Gasteiger partial charge in [0.15, 0.2) is 11.2 Å². The smallest absolute Gasteiger partial charge is 0.229 e. The number of aromatic nitrogens is 1. The molecule has 2 fully saturated rings. The van der Waals surface area contributed by atoms with Crippen LogP contribution in [0.2, 0.25) is 0 Å². The molecule has 1 aromatic heterocycles. The molecule has 35 heavy (non-hydrogen) atoms. The van der Waals surface area contributed by atoms with Crippen molar-refractivity contribution in [3.8, 4) is 11.5 Å². The Morgan fingerprint density at radius 3 is 2.49 bits per heavy atom. The predicted octanol–water partition coefficient (Wildman–Crippen LogP) is 3.34. The maximum absolute atomic E-state index is 13.8. The number of methoxy groups -OCH3 is 1. The minimum absolute atomic E-state index is 0.185. The number of hydrogen-bond donors (Lipinski definition) is 2. The molecule has 3 heterocycles. The van der Waals surface area contributed by atoms with Crippen LogP contribution < -0.4 is 9.47 Å². The van der Waals surface area contributed by atoms with Crippen molar-refractivity contribution in [1.29, 1.82) is 0 Å². The summed E-state index contributed by atoms with van der Waals surface area (Å²) in [5, 5.41) is 24.7. The van der Waals surface area contributed by atoms with Gasteiger partial charge in [-0.1, -0.05) is 58.4 Å². The summed E-state index contributed by atoms with van der Waals surface area (Å²) >= 11 is 3.49. The number of aliphatic hydroxyl groups is 2. The van der Waals surface area contributed by atoms with E-state index in [1.54, 1.807) is 4.90 Å². The number of rotatable bonds is 4. The fourth-order valence-corrected chi connectivity index (χ4v) is 6.38. The molecule has 3 aromatic rings. The second-order valence-electron chi connectivity index (χ2n) is 9.36. The summed E-state index contributed by atoms with van der Waals surface area (Å²) in [7, 11) is 1.49. The van der Waals surface area contributed by atoms with Crippen LogP contribution in [0.4, 0.5) is 0 Å². The SMILES string of the molecule is COc1cncc2c1[C@]1(O)[C@H](O)[C@H](C(=O)N3CCC3)C(c3ccccc3)C1(c1ccc(Br)cc1)O2. The molecule has 0 spiro atoms. The third kappa shape index (κ3) is 2.90. The molecule has 2 aliphatic heterocycles. The second-order valence-corrected chi connectivity index (χ2v) is 10.3. The minimum Gasteiger partial charge on any atom is -0.495 e. The Bertz CT molecular complexity index is 1280. The molecule has 180 valence electrons. The molecule has 1 saturated heterocycles.